The lowest BCUT2D eigenvalue weighted by Gasteiger charge is -2.20. The SMILES string of the molecule is CC(C)C(NC(N)=O)C(=O)NCCC(=O)O. The minimum atomic E-state index is -0.996. The fourth-order valence-electron chi connectivity index (χ4n) is 1.09. The largest absolute Gasteiger partial charge is 0.481 e. The Balaban J connectivity index is 4.17. The Kier molecular flexibility index (Phi) is 5.91. The number of carboxylic acids is 1. The maximum atomic E-state index is 11.5. The van der Waals surface area contributed by atoms with Gasteiger partial charge in [0.2, 0.25) is 5.91 Å². The molecule has 3 amide bonds. The molecular weight excluding hydrogens is 214 g/mol. The van der Waals surface area contributed by atoms with Gasteiger partial charge in [-0.05, 0) is 5.92 Å². The van der Waals surface area contributed by atoms with E-state index < -0.39 is 23.9 Å². The number of carbonyl (C=O) groups is 3. The van der Waals surface area contributed by atoms with E-state index in [1.165, 1.54) is 0 Å². The van der Waals surface area contributed by atoms with Crippen molar-refractivity contribution in [3.8, 4) is 0 Å². The van der Waals surface area contributed by atoms with Gasteiger partial charge < -0.3 is 21.5 Å². The molecule has 0 saturated carbocycles. The van der Waals surface area contributed by atoms with E-state index in [9.17, 15) is 14.4 Å². The fourth-order valence-corrected chi connectivity index (χ4v) is 1.09. The number of nitrogens with one attached hydrogen (secondary N) is 2. The highest BCUT2D eigenvalue weighted by Crippen LogP contribution is 2.01. The summed E-state index contributed by atoms with van der Waals surface area (Å²) in [5.74, 6) is -1.56. The van der Waals surface area contributed by atoms with Gasteiger partial charge in [0.05, 0.1) is 6.42 Å². The maximum Gasteiger partial charge on any atom is 0.312 e. The molecule has 0 rings (SSSR count). The van der Waals surface area contributed by atoms with Crippen LogP contribution in [0.15, 0.2) is 0 Å². The van der Waals surface area contributed by atoms with Gasteiger partial charge in [-0.15, -0.1) is 0 Å². The van der Waals surface area contributed by atoms with E-state index in [1.54, 1.807) is 13.8 Å². The highest BCUT2D eigenvalue weighted by molar-refractivity contribution is 5.86. The van der Waals surface area contributed by atoms with Gasteiger partial charge in [-0.3, -0.25) is 9.59 Å². The van der Waals surface area contributed by atoms with E-state index in [0.717, 1.165) is 0 Å². The van der Waals surface area contributed by atoms with Crippen LogP contribution in [-0.2, 0) is 9.59 Å². The summed E-state index contributed by atoms with van der Waals surface area (Å²) in [5.41, 5.74) is 4.92. The van der Waals surface area contributed by atoms with Gasteiger partial charge in [0.25, 0.3) is 0 Å². The molecule has 16 heavy (non-hydrogen) atoms. The highest BCUT2D eigenvalue weighted by atomic mass is 16.4. The van der Waals surface area contributed by atoms with Crippen molar-refractivity contribution in [2.45, 2.75) is 26.3 Å². The van der Waals surface area contributed by atoms with Crippen LogP contribution in [0, 0.1) is 5.92 Å². The summed E-state index contributed by atoms with van der Waals surface area (Å²) in [5, 5.41) is 13.1. The molecule has 0 radical (unpaired) electrons. The Hall–Kier alpha value is -1.79. The van der Waals surface area contributed by atoms with E-state index >= 15 is 0 Å². The lowest BCUT2D eigenvalue weighted by Crippen LogP contribution is -2.51. The molecule has 7 heteroatoms. The molecule has 0 aliphatic heterocycles. The Morgan fingerprint density at radius 3 is 2.25 bits per heavy atom. The average Bonchev–Trinajstić information content (AvgIpc) is 2.12. The predicted octanol–water partition coefficient (Wildman–Crippen LogP) is -0.730. The third-order valence-corrected chi connectivity index (χ3v) is 1.88. The fraction of sp³-hybridized carbons (Fsp3) is 0.667. The summed E-state index contributed by atoms with van der Waals surface area (Å²) in [7, 11) is 0. The van der Waals surface area contributed by atoms with Crippen molar-refractivity contribution in [2.75, 3.05) is 6.54 Å². The van der Waals surface area contributed by atoms with Crippen molar-refractivity contribution in [1.29, 1.82) is 0 Å². The molecule has 7 nitrogen and oxygen atoms in total. The lowest BCUT2D eigenvalue weighted by atomic mass is 10.0. The van der Waals surface area contributed by atoms with E-state index in [2.05, 4.69) is 10.6 Å². The number of amides is 3. The van der Waals surface area contributed by atoms with Crippen LogP contribution in [0.2, 0.25) is 0 Å². The number of rotatable bonds is 6. The summed E-state index contributed by atoms with van der Waals surface area (Å²) < 4.78 is 0. The zero-order chi connectivity index (χ0) is 12.7. The molecular formula is C9H17N3O4. The molecule has 0 heterocycles. The van der Waals surface area contributed by atoms with Crippen molar-refractivity contribution in [1.82, 2.24) is 10.6 Å². The molecule has 92 valence electrons. The van der Waals surface area contributed by atoms with Crippen LogP contribution in [-0.4, -0.2) is 35.6 Å². The van der Waals surface area contributed by atoms with Gasteiger partial charge in [0.15, 0.2) is 0 Å². The minimum absolute atomic E-state index is 0.0256. The van der Waals surface area contributed by atoms with Gasteiger partial charge in [0.1, 0.15) is 6.04 Å². The molecule has 0 aromatic heterocycles. The first kappa shape index (κ1) is 14.2. The zero-order valence-electron chi connectivity index (χ0n) is 9.32. The highest BCUT2D eigenvalue weighted by Gasteiger charge is 2.22. The number of carbonyl (C=O) groups excluding carboxylic acids is 2. The van der Waals surface area contributed by atoms with Crippen molar-refractivity contribution >= 4 is 17.9 Å². The molecule has 1 unspecified atom stereocenters. The number of hydrogen-bond donors (Lipinski definition) is 4. The lowest BCUT2D eigenvalue weighted by molar-refractivity contribution is -0.137. The first-order valence-electron chi connectivity index (χ1n) is 4.90. The van der Waals surface area contributed by atoms with Crippen LogP contribution < -0.4 is 16.4 Å². The average molecular weight is 231 g/mol. The standard InChI is InChI=1S/C9H17N3O4/c1-5(2)7(12-9(10)16)8(15)11-4-3-6(13)14/h5,7H,3-4H2,1-2H3,(H,11,15)(H,13,14)(H3,10,12,16). The number of urea groups is 1. The second-order valence-corrected chi connectivity index (χ2v) is 3.67. The summed E-state index contributed by atoms with van der Waals surface area (Å²) in [4.78, 5) is 32.4. The first-order valence-corrected chi connectivity index (χ1v) is 4.90. The van der Waals surface area contributed by atoms with E-state index in [1.807, 2.05) is 0 Å². The third kappa shape index (κ3) is 5.84. The molecule has 0 aromatic rings. The van der Waals surface area contributed by atoms with Crippen molar-refractivity contribution in [3.63, 3.8) is 0 Å². The Bertz CT molecular complexity index is 278. The number of aliphatic carboxylic acids is 1. The Morgan fingerprint density at radius 1 is 1.31 bits per heavy atom. The van der Waals surface area contributed by atoms with E-state index in [0.29, 0.717) is 0 Å². The van der Waals surface area contributed by atoms with Gasteiger partial charge >= 0.3 is 12.0 Å². The smallest absolute Gasteiger partial charge is 0.312 e. The normalized spacial score (nSPS) is 11.9. The zero-order valence-corrected chi connectivity index (χ0v) is 9.32. The second-order valence-electron chi connectivity index (χ2n) is 3.67. The number of primary amides is 1. The van der Waals surface area contributed by atoms with Gasteiger partial charge in [0, 0.05) is 6.54 Å². The molecule has 1 atom stereocenters. The summed E-state index contributed by atoms with van der Waals surface area (Å²) in [6.07, 6.45) is -0.160. The minimum Gasteiger partial charge on any atom is -0.481 e. The molecule has 0 aliphatic carbocycles. The monoisotopic (exact) mass is 231 g/mol. The molecule has 0 saturated heterocycles. The van der Waals surface area contributed by atoms with Crippen molar-refractivity contribution in [2.24, 2.45) is 11.7 Å². The summed E-state index contributed by atoms with van der Waals surface area (Å²) in [6.45, 7) is 3.52. The summed E-state index contributed by atoms with van der Waals surface area (Å²) >= 11 is 0. The predicted molar refractivity (Wildman–Crippen MR) is 56.6 cm³/mol. The van der Waals surface area contributed by atoms with Crippen molar-refractivity contribution in [3.05, 3.63) is 0 Å². The molecule has 0 spiro atoms. The maximum absolute atomic E-state index is 11.5. The molecule has 0 bridgehead atoms. The molecule has 0 aliphatic rings. The van der Waals surface area contributed by atoms with Gasteiger partial charge in [-0.25, -0.2) is 4.79 Å². The number of nitrogens with two attached hydrogens (primary N) is 1. The van der Waals surface area contributed by atoms with E-state index in [4.69, 9.17) is 10.8 Å². The van der Waals surface area contributed by atoms with Crippen LogP contribution >= 0.6 is 0 Å². The van der Waals surface area contributed by atoms with Crippen LogP contribution in [0.1, 0.15) is 20.3 Å². The van der Waals surface area contributed by atoms with Crippen molar-refractivity contribution < 1.29 is 19.5 Å². The molecule has 0 fully saturated rings. The van der Waals surface area contributed by atoms with Gasteiger partial charge in [-0.2, -0.15) is 0 Å². The Labute approximate surface area is 93.4 Å². The number of hydrogen-bond acceptors (Lipinski definition) is 3. The van der Waals surface area contributed by atoms with Crippen LogP contribution in [0.3, 0.4) is 0 Å². The molecule has 0 aromatic carbocycles. The van der Waals surface area contributed by atoms with Crippen LogP contribution in [0.25, 0.3) is 0 Å². The van der Waals surface area contributed by atoms with Gasteiger partial charge in [-0.1, -0.05) is 13.8 Å². The molecule has 5 N–H and O–H groups in total. The Morgan fingerprint density at radius 2 is 1.88 bits per heavy atom. The third-order valence-electron chi connectivity index (χ3n) is 1.88. The topological polar surface area (TPSA) is 122 Å². The second kappa shape index (κ2) is 6.65. The summed E-state index contributed by atoms with van der Waals surface area (Å²) in [6, 6.07) is -1.53. The van der Waals surface area contributed by atoms with Crippen LogP contribution in [0.4, 0.5) is 4.79 Å². The quantitative estimate of drug-likeness (QED) is 0.481. The van der Waals surface area contributed by atoms with E-state index in [-0.39, 0.29) is 18.9 Å². The number of carboxylic acid groups (broad SMARTS) is 1. The van der Waals surface area contributed by atoms with Crippen LogP contribution in [0.5, 0.6) is 0 Å². The first-order chi connectivity index (χ1) is 7.34.